The Kier molecular flexibility index (Phi) is 5.22. The Bertz CT molecular complexity index is 233. The van der Waals surface area contributed by atoms with Gasteiger partial charge in [-0.1, -0.05) is 0 Å². The lowest BCUT2D eigenvalue weighted by molar-refractivity contribution is -0.141. The van der Waals surface area contributed by atoms with E-state index in [0.29, 0.717) is 12.5 Å². The number of carbonyl (C=O) groups excluding carboxylic acids is 1. The molecular weight excluding hydrogens is 204 g/mol. The van der Waals surface area contributed by atoms with Crippen molar-refractivity contribution >= 4 is 5.97 Å². The van der Waals surface area contributed by atoms with Crippen molar-refractivity contribution in [2.75, 3.05) is 34.3 Å². The minimum absolute atomic E-state index is 0.126. The zero-order valence-electron chi connectivity index (χ0n) is 10.9. The molecule has 0 aromatic rings. The molecule has 4 heteroatoms. The van der Waals surface area contributed by atoms with E-state index in [-0.39, 0.29) is 12.0 Å². The first-order chi connectivity index (χ1) is 7.54. The van der Waals surface area contributed by atoms with Crippen LogP contribution in [0.4, 0.5) is 0 Å². The Labute approximate surface area is 98.5 Å². The number of likely N-dealkylation sites (tertiary alicyclic amines) is 1. The topological polar surface area (TPSA) is 32.8 Å². The van der Waals surface area contributed by atoms with Crippen LogP contribution in [0, 0.1) is 0 Å². The molecule has 0 N–H and O–H groups in total. The van der Waals surface area contributed by atoms with Crippen LogP contribution in [-0.4, -0.2) is 62.1 Å². The molecule has 2 unspecified atom stereocenters. The van der Waals surface area contributed by atoms with E-state index in [4.69, 9.17) is 0 Å². The van der Waals surface area contributed by atoms with Gasteiger partial charge in [0.25, 0.3) is 0 Å². The van der Waals surface area contributed by atoms with Crippen molar-refractivity contribution in [1.82, 2.24) is 9.80 Å². The molecule has 0 bridgehead atoms. The molecule has 0 amide bonds. The van der Waals surface area contributed by atoms with E-state index in [1.54, 1.807) is 0 Å². The number of hydrogen-bond acceptors (Lipinski definition) is 4. The molecule has 1 aliphatic rings. The third kappa shape index (κ3) is 3.76. The number of nitrogens with zero attached hydrogens (tertiary/aromatic N) is 2. The second kappa shape index (κ2) is 6.21. The van der Waals surface area contributed by atoms with E-state index in [1.807, 2.05) is 0 Å². The minimum atomic E-state index is -0.126. The first-order valence-corrected chi connectivity index (χ1v) is 6.02. The summed E-state index contributed by atoms with van der Waals surface area (Å²) in [5.74, 6) is -0.126. The van der Waals surface area contributed by atoms with Crippen LogP contribution in [-0.2, 0) is 9.53 Å². The van der Waals surface area contributed by atoms with Crippen LogP contribution in [0.15, 0.2) is 0 Å². The number of carbonyl (C=O) groups is 1. The SMILES string of the molecule is COC(=O)CC(C)N(C)CC1CCCN1C. The lowest BCUT2D eigenvalue weighted by Gasteiger charge is -2.29. The maximum atomic E-state index is 11.2. The molecule has 0 radical (unpaired) electrons. The zero-order chi connectivity index (χ0) is 12.1. The summed E-state index contributed by atoms with van der Waals surface area (Å²) >= 11 is 0. The number of rotatable bonds is 5. The average molecular weight is 228 g/mol. The lowest BCUT2D eigenvalue weighted by Crippen LogP contribution is -2.41. The van der Waals surface area contributed by atoms with Gasteiger partial charge in [0.2, 0.25) is 0 Å². The van der Waals surface area contributed by atoms with E-state index < -0.39 is 0 Å². The predicted octanol–water partition coefficient (Wildman–Crippen LogP) is 0.964. The fourth-order valence-electron chi connectivity index (χ4n) is 2.20. The van der Waals surface area contributed by atoms with E-state index in [0.717, 1.165) is 6.54 Å². The largest absolute Gasteiger partial charge is 0.469 e. The second-order valence-electron chi connectivity index (χ2n) is 4.85. The van der Waals surface area contributed by atoms with Crippen molar-refractivity contribution in [3.8, 4) is 0 Å². The second-order valence-corrected chi connectivity index (χ2v) is 4.85. The normalized spacial score (nSPS) is 23.7. The van der Waals surface area contributed by atoms with Crippen molar-refractivity contribution in [2.45, 2.75) is 38.3 Å². The molecule has 1 saturated heterocycles. The molecule has 0 saturated carbocycles. The molecule has 1 aliphatic heterocycles. The van der Waals surface area contributed by atoms with Crippen LogP contribution in [0.3, 0.4) is 0 Å². The van der Waals surface area contributed by atoms with Crippen LogP contribution < -0.4 is 0 Å². The van der Waals surface area contributed by atoms with Gasteiger partial charge in [0.1, 0.15) is 0 Å². The summed E-state index contributed by atoms with van der Waals surface area (Å²) in [6.45, 7) is 4.31. The number of esters is 1. The van der Waals surface area contributed by atoms with Crippen LogP contribution in [0.25, 0.3) is 0 Å². The summed E-state index contributed by atoms with van der Waals surface area (Å²) in [4.78, 5) is 15.8. The quantitative estimate of drug-likeness (QED) is 0.656. The zero-order valence-corrected chi connectivity index (χ0v) is 10.9. The Morgan fingerprint density at radius 2 is 2.31 bits per heavy atom. The third-order valence-corrected chi connectivity index (χ3v) is 3.61. The van der Waals surface area contributed by atoms with E-state index in [2.05, 4.69) is 35.6 Å². The molecule has 1 fully saturated rings. The Morgan fingerprint density at radius 1 is 1.62 bits per heavy atom. The van der Waals surface area contributed by atoms with Crippen LogP contribution in [0.2, 0.25) is 0 Å². The average Bonchev–Trinajstić information content (AvgIpc) is 2.64. The molecule has 2 atom stereocenters. The molecule has 94 valence electrons. The molecule has 0 aromatic carbocycles. The van der Waals surface area contributed by atoms with Gasteiger partial charge in [-0.3, -0.25) is 4.79 Å². The number of hydrogen-bond donors (Lipinski definition) is 0. The smallest absolute Gasteiger partial charge is 0.307 e. The van der Waals surface area contributed by atoms with Gasteiger partial charge in [-0.25, -0.2) is 0 Å². The van der Waals surface area contributed by atoms with E-state index in [1.165, 1.54) is 26.5 Å². The van der Waals surface area contributed by atoms with Crippen molar-refractivity contribution in [1.29, 1.82) is 0 Å². The molecular formula is C12H24N2O2. The third-order valence-electron chi connectivity index (χ3n) is 3.61. The molecule has 0 aromatic heterocycles. The van der Waals surface area contributed by atoms with Gasteiger partial charge >= 0.3 is 5.97 Å². The van der Waals surface area contributed by atoms with Crippen LogP contribution in [0.1, 0.15) is 26.2 Å². The summed E-state index contributed by atoms with van der Waals surface area (Å²) in [6, 6.07) is 0.895. The summed E-state index contributed by atoms with van der Waals surface area (Å²) < 4.78 is 4.69. The van der Waals surface area contributed by atoms with Crippen molar-refractivity contribution in [3.05, 3.63) is 0 Å². The van der Waals surface area contributed by atoms with Gasteiger partial charge in [-0.05, 0) is 40.4 Å². The van der Waals surface area contributed by atoms with Crippen molar-refractivity contribution in [2.24, 2.45) is 0 Å². The van der Waals surface area contributed by atoms with Gasteiger partial charge in [0, 0.05) is 18.6 Å². The van der Waals surface area contributed by atoms with Crippen molar-refractivity contribution in [3.63, 3.8) is 0 Å². The Hall–Kier alpha value is -0.610. The summed E-state index contributed by atoms with van der Waals surface area (Å²) in [5, 5.41) is 0. The highest BCUT2D eigenvalue weighted by Crippen LogP contribution is 2.16. The van der Waals surface area contributed by atoms with Crippen molar-refractivity contribution < 1.29 is 9.53 Å². The monoisotopic (exact) mass is 228 g/mol. The highest BCUT2D eigenvalue weighted by Gasteiger charge is 2.24. The standard InChI is InChI=1S/C12H24N2O2/c1-10(8-12(15)16-4)14(3)9-11-6-5-7-13(11)2/h10-11H,5-9H2,1-4H3. The van der Waals surface area contributed by atoms with Crippen LogP contribution >= 0.6 is 0 Å². The van der Waals surface area contributed by atoms with Crippen LogP contribution in [0.5, 0.6) is 0 Å². The lowest BCUT2D eigenvalue weighted by atomic mass is 10.1. The first-order valence-electron chi connectivity index (χ1n) is 6.02. The van der Waals surface area contributed by atoms with E-state index >= 15 is 0 Å². The number of methoxy groups -OCH3 is 1. The van der Waals surface area contributed by atoms with E-state index in [9.17, 15) is 4.79 Å². The minimum Gasteiger partial charge on any atom is -0.469 e. The molecule has 1 rings (SSSR count). The van der Waals surface area contributed by atoms with Gasteiger partial charge in [-0.15, -0.1) is 0 Å². The first kappa shape index (κ1) is 13.5. The highest BCUT2D eigenvalue weighted by atomic mass is 16.5. The summed E-state index contributed by atoms with van der Waals surface area (Å²) in [6.07, 6.45) is 3.04. The molecule has 0 aliphatic carbocycles. The maximum Gasteiger partial charge on any atom is 0.307 e. The van der Waals surface area contributed by atoms with Gasteiger partial charge in [0.15, 0.2) is 0 Å². The maximum absolute atomic E-state index is 11.2. The summed E-state index contributed by atoms with van der Waals surface area (Å²) in [7, 11) is 5.70. The molecule has 16 heavy (non-hydrogen) atoms. The summed E-state index contributed by atoms with van der Waals surface area (Å²) in [5.41, 5.74) is 0. The molecule has 0 spiro atoms. The Balaban J connectivity index is 2.33. The molecule has 4 nitrogen and oxygen atoms in total. The molecule has 1 heterocycles. The highest BCUT2D eigenvalue weighted by molar-refractivity contribution is 5.69. The van der Waals surface area contributed by atoms with Gasteiger partial charge in [-0.2, -0.15) is 0 Å². The fraction of sp³-hybridized carbons (Fsp3) is 0.917. The van der Waals surface area contributed by atoms with Gasteiger partial charge in [0.05, 0.1) is 13.5 Å². The van der Waals surface area contributed by atoms with Gasteiger partial charge < -0.3 is 14.5 Å². The number of likely N-dealkylation sites (N-methyl/N-ethyl adjacent to an activating group) is 2. The fourth-order valence-corrected chi connectivity index (χ4v) is 2.20. The predicted molar refractivity (Wildman–Crippen MR) is 64.4 cm³/mol. The number of ether oxygens (including phenoxy) is 1. The Morgan fingerprint density at radius 3 is 2.81 bits per heavy atom.